The second-order valence-electron chi connectivity index (χ2n) is 8.54. The third kappa shape index (κ3) is 4.86. The van der Waals surface area contributed by atoms with Crippen molar-refractivity contribution in [3.05, 3.63) is 58.7 Å². The van der Waals surface area contributed by atoms with Crippen molar-refractivity contribution < 1.29 is 40.7 Å². The summed E-state index contributed by atoms with van der Waals surface area (Å²) < 4.78 is 84.8. The molecule has 3 rings (SSSR count). The lowest BCUT2D eigenvalue weighted by molar-refractivity contribution is -0.143. The summed E-state index contributed by atoms with van der Waals surface area (Å²) in [6, 6.07) is 6.20. The first-order chi connectivity index (χ1) is 16.2. The molecule has 1 saturated heterocycles. The highest BCUT2D eigenvalue weighted by atomic mass is 19.4. The Balaban J connectivity index is 2.05. The van der Waals surface area contributed by atoms with Gasteiger partial charge >= 0.3 is 12.4 Å². The van der Waals surface area contributed by atoms with Gasteiger partial charge in [0.05, 0.1) is 11.1 Å². The van der Waals surface area contributed by atoms with Crippen molar-refractivity contribution in [2.24, 2.45) is 5.41 Å². The molecule has 0 bridgehead atoms. The molecule has 0 spiro atoms. The van der Waals surface area contributed by atoms with E-state index in [4.69, 9.17) is 4.74 Å². The van der Waals surface area contributed by atoms with Gasteiger partial charge in [0.15, 0.2) is 6.10 Å². The number of rotatable bonds is 5. The lowest BCUT2D eigenvalue weighted by Gasteiger charge is -2.30. The lowest BCUT2D eigenvalue weighted by Crippen LogP contribution is -2.46. The highest BCUT2D eigenvalue weighted by Gasteiger charge is 2.57. The van der Waals surface area contributed by atoms with Crippen LogP contribution in [0.5, 0.6) is 0 Å². The Labute approximate surface area is 198 Å². The summed E-state index contributed by atoms with van der Waals surface area (Å²) in [4.78, 5) is 28.1. The first-order valence-electron chi connectivity index (χ1n) is 10.7. The molecule has 35 heavy (non-hydrogen) atoms. The summed E-state index contributed by atoms with van der Waals surface area (Å²) in [6.07, 6.45) is -11.4. The molecule has 1 heterocycles. The van der Waals surface area contributed by atoms with E-state index in [-0.39, 0.29) is 19.0 Å². The summed E-state index contributed by atoms with van der Waals surface area (Å²) in [5.41, 5.74) is -3.28. The molecule has 1 fully saturated rings. The SMILES string of the molecule is CC[C@]1(C(=O)Nc2cc(C(F)(F)F)cc(C(F)(F)F)c2)CN(c2c(C)cccc2C)C(=O)[C@H]1OC. The first kappa shape index (κ1) is 26.5. The van der Waals surface area contributed by atoms with Crippen molar-refractivity contribution in [3.8, 4) is 0 Å². The van der Waals surface area contributed by atoms with Crippen LogP contribution in [0.1, 0.15) is 35.6 Å². The molecule has 0 unspecified atom stereocenters. The maximum Gasteiger partial charge on any atom is 0.416 e. The van der Waals surface area contributed by atoms with Gasteiger partial charge in [-0.25, -0.2) is 0 Å². The van der Waals surface area contributed by atoms with Crippen molar-refractivity contribution in [2.45, 2.75) is 45.6 Å². The zero-order valence-corrected chi connectivity index (χ0v) is 19.4. The van der Waals surface area contributed by atoms with Gasteiger partial charge in [-0.1, -0.05) is 25.1 Å². The second kappa shape index (κ2) is 9.18. The molecule has 2 aromatic rings. The number of carbonyl (C=O) groups is 2. The summed E-state index contributed by atoms with van der Waals surface area (Å²) in [7, 11) is 1.22. The van der Waals surface area contributed by atoms with E-state index in [0.29, 0.717) is 17.8 Å². The average molecular weight is 502 g/mol. The highest BCUT2D eigenvalue weighted by Crippen LogP contribution is 2.43. The van der Waals surface area contributed by atoms with Gasteiger partial charge in [0.25, 0.3) is 5.91 Å². The molecule has 1 aliphatic heterocycles. The van der Waals surface area contributed by atoms with Crippen molar-refractivity contribution >= 4 is 23.2 Å². The summed E-state index contributed by atoms with van der Waals surface area (Å²) in [5, 5.41) is 2.19. The van der Waals surface area contributed by atoms with Crippen LogP contribution in [0.25, 0.3) is 0 Å². The minimum Gasteiger partial charge on any atom is -0.370 e. The topological polar surface area (TPSA) is 58.6 Å². The smallest absolute Gasteiger partial charge is 0.370 e. The van der Waals surface area contributed by atoms with E-state index in [2.05, 4.69) is 5.32 Å². The third-order valence-corrected chi connectivity index (χ3v) is 6.31. The minimum atomic E-state index is -5.07. The Bertz CT molecular complexity index is 1090. The molecule has 0 saturated carbocycles. The van der Waals surface area contributed by atoms with Crippen molar-refractivity contribution in [2.75, 3.05) is 23.9 Å². The number of nitrogens with zero attached hydrogens (tertiary/aromatic N) is 1. The van der Waals surface area contributed by atoms with Gasteiger partial charge in [0.2, 0.25) is 5.91 Å². The van der Waals surface area contributed by atoms with Crippen LogP contribution >= 0.6 is 0 Å². The molecule has 1 aliphatic rings. The van der Waals surface area contributed by atoms with E-state index in [1.54, 1.807) is 39.0 Å². The van der Waals surface area contributed by atoms with E-state index in [1.807, 2.05) is 0 Å². The van der Waals surface area contributed by atoms with E-state index in [9.17, 15) is 35.9 Å². The van der Waals surface area contributed by atoms with Gasteiger partial charge in [0.1, 0.15) is 5.41 Å². The molecule has 0 radical (unpaired) electrons. The van der Waals surface area contributed by atoms with Crippen LogP contribution in [0.4, 0.5) is 37.7 Å². The number of halogens is 6. The number of para-hydroxylation sites is 1. The first-order valence-corrected chi connectivity index (χ1v) is 10.7. The second-order valence-corrected chi connectivity index (χ2v) is 8.54. The highest BCUT2D eigenvalue weighted by molar-refractivity contribution is 6.09. The van der Waals surface area contributed by atoms with E-state index < -0.39 is 52.5 Å². The van der Waals surface area contributed by atoms with Crippen LogP contribution in [0, 0.1) is 19.3 Å². The molecule has 1 N–H and O–H groups in total. The zero-order valence-electron chi connectivity index (χ0n) is 19.4. The van der Waals surface area contributed by atoms with Crippen LogP contribution in [-0.2, 0) is 26.7 Å². The van der Waals surface area contributed by atoms with Crippen LogP contribution in [0.2, 0.25) is 0 Å². The monoisotopic (exact) mass is 502 g/mol. The number of carbonyl (C=O) groups excluding carboxylic acids is 2. The predicted molar refractivity (Wildman–Crippen MR) is 117 cm³/mol. The van der Waals surface area contributed by atoms with Crippen LogP contribution in [0.3, 0.4) is 0 Å². The Hall–Kier alpha value is -3.08. The standard InChI is InChI=1S/C24H24F6N2O3/c1-5-22(12-32(20(33)19(22)35-4)18-13(2)7-6-8-14(18)3)21(34)31-17-10-15(23(25,26)27)9-16(11-17)24(28,29)30/h6-11,19H,5,12H2,1-4H3,(H,31,34)/t19-,22+/m1/s1. The number of nitrogens with one attached hydrogen (secondary N) is 1. The number of amides is 2. The Morgan fingerprint density at radius 2 is 1.57 bits per heavy atom. The fourth-order valence-electron chi connectivity index (χ4n) is 4.50. The number of ether oxygens (including phenoxy) is 1. The van der Waals surface area contributed by atoms with Gasteiger partial charge in [0, 0.05) is 25.0 Å². The number of aryl methyl sites for hydroxylation is 2. The van der Waals surface area contributed by atoms with E-state index in [0.717, 1.165) is 11.1 Å². The normalized spacial score (nSPS) is 20.9. The number of benzene rings is 2. The summed E-state index contributed by atoms with van der Waals surface area (Å²) >= 11 is 0. The van der Waals surface area contributed by atoms with E-state index >= 15 is 0 Å². The van der Waals surface area contributed by atoms with E-state index in [1.165, 1.54) is 12.0 Å². The maximum atomic E-state index is 13.4. The van der Waals surface area contributed by atoms with Crippen molar-refractivity contribution in [3.63, 3.8) is 0 Å². The Kier molecular flexibility index (Phi) is 6.95. The van der Waals surface area contributed by atoms with Gasteiger partial charge in [-0.15, -0.1) is 0 Å². The number of alkyl halides is 6. The van der Waals surface area contributed by atoms with Crippen molar-refractivity contribution in [1.29, 1.82) is 0 Å². The Morgan fingerprint density at radius 1 is 1.06 bits per heavy atom. The fourth-order valence-corrected chi connectivity index (χ4v) is 4.50. The van der Waals surface area contributed by atoms with Crippen molar-refractivity contribution in [1.82, 2.24) is 0 Å². The molecule has 190 valence electrons. The van der Waals surface area contributed by atoms with Gasteiger partial charge in [-0.2, -0.15) is 26.3 Å². The predicted octanol–water partition coefficient (Wildman–Crippen LogP) is 5.74. The summed E-state index contributed by atoms with van der Waals surface area (Å²) in [5.74, 6) is -1.44. The number of anilines is 2. The average Bonchev–Trinajstić information content (AvgIpc) is 3.04. The lowest BCUT2D eigenvalue weighted by atomic mass is 9.80. The molecule has 5 nitrogen and oxygen atoms in total. The quantitative estimate of drug-likeness (QED) is 0.531. The maximum absolute atomic E-state index is 13.4. The van der Waals surface area contributed by atoms with Crippen LogP contribution in [0.15, 0.2) is 36.4 Å². The van der Waals surface area contributed by atoms with Crippen LogP contribution < -0.4 is 10.2 Å². The molecule has 2 aromatic carbocycles. The molecule has 2 atom stereocenters. The largest absolute Gasteiger partial charge is 0.416 e. The molecular formula is C24H24F6N2O3. The molecule has 0 aliphatic carbocycles. The zero-order chi connectivity index (χ0) is 26.3. The van der Waals surface area contributed by atoms with Gasteiger partial charge in [-0.3, -0.25) is 9.59 Å². The third-order valence-electron chi connectivity index (χ3n) is 6.31. The van der Waals surface area contributed by atoms with Crippen LogP contribution in [-0.4, -0.2) is 31.6 Å². The molecule has 2 amide bonds. The Morgan fingerprint density at radius 3 is 2.00 bits per heavy atom. The number of hydrogen-bond donors (Lipinski definition) is 1. The molecule has 11 heteroatoms. The molecule has 0 aromatic heterocycles. The van der Waals surface area contributed by atoms with Gasteiger partial charge < -0.3 is 15.0 Å². The summed E-state index contributed by atoms with van der Waals surface area (Å²) in [6.45, 7) is 5.00. The van der Waals surface area contributed by atoms with Gasteiger partial charge in [-0.05, 0) is 49.6 Å². The number of hydrogen-bond acceptors (Lipinski definition) is 3. The minimum absolute atomic E-state index is 0.0228. The number of methoxy groups -OCH3 is 1. The molecular weight excluding hydrogens is 478 g/mol. The fraction of sp³-hybridized carbons (Fsp3) is 0.417.